The Balaban J connectivity index is 0.00000121. The lowest BCUT2D eigenvalue weighted by molar-refractivity contribution is -0.00000261. The molecule has 3 heteroatoms. The third-order valence-electron chi connectivity index (χ3n) is 2.00. The average molecular weight is 278 g/mol. The molecule has 0 spiro atoms. The maximum absolute atomic E-state index is 5.97. The normalized spacial score (nSPS) is 14.6. The first-order valence-corrected chi connectivity index (χ1v) is 3.86. The lowest BCUT2D eigenvalue weighted by Crippen LogP contribution is -3.00. The number of benzene rings is 1. The molecule has 2 N–H and O–H groups in total. The van der Waals surface area contributed by atoms with E-state index in [1.165, 1.54) is 0 Å². The minimum Gasteiger partial charge on any atom is -1.00 e. The second-order valence-corrected chi connectivity index (χ2v) is 2.92. The molecule has 0 aliphatic rings. The van der Waals surface area contributed by atoms with Crippen molar-refractivity contribution in [2.75, 3.05) is 13.6 Å². The molecule has 1 rings (SSSR count). The van der Waals surface area contributed by atoms with Gasteiger partial charge in [-0.3, -0.25) is 0 Å². The van der Waals surface area contributed by atoms with Crippen LogP contribution in [-0.4, -0.2) is 13.6 Å². The van der Waals surface area contributed by atoms with E-state index in [2.05, 4.69) is 6.92 Å². The number of nitrogens with two attached hydrogens (primary N) is 1. The van der Waals surface area contributed by atoms with Gasteiger partial charge in [-0.1, -0.05) is 18.2 Å². The number of quaternary nitrogens is 1. The van der Waals surface area contributed by atoms with Crippen LogP contribution in [0.15, 0.2) is 30.3 Å². The van der Waals surface area contributed by atoms with Gasteiger partial charge in [0.05, 0.1) is 13.6 Å². The van der Waals surface area contributed by atoms with E-state index in [1.807, 2.05) is 37.4 Å². The molecule has 0 bridgehead atoms. The summed E-state index contributed by atoms with van der Waals surface area (Å²) in [6.07, 6.45) is 0. The molecule has 0 heterocycles. The molecule has 2 nitrogen and oxygen atoms in total. The molecule has 1 aromatic rings. The summed E-state index contributed by atoms with van der Waals surface area (Å²) in [5.74, 6) is 5.97. The standard InChI is InChI=1S/C9H15N2.HI/c1-3-11(2,10)9-7-5-4-6-8-9;/h4-8H,3,10H2,1-2H3;1H/q+1;/p-1/t11-;/m0./s1. The van der Waals surface area contributed by atoms with E-state index in [0.717, 1.165) is 12.2 Å². The van der Waals surface area contributed by atoms with Gasteiger partial charge in [0, 0.05) is 12.1 Å². The smallest absolute Gasteiger partial charge is 0.151 e. The molecule has 68 valence electrons. The predicted molar refractivity (Wildman–Crippen MR) is 48.9 cm³/mol. The molecule has 12 heavy (non-hydrogen) atoms. The Labute approximate surface area is 90.9 Å². The van der Waals surface area contributed by atoms with Gasteiger partial charge in [-0.2, -0.15) is 5.84 Å². The van der Waals surface area contributed by atoms with Crippen molar-refractivity contribution < 1.29 is 24.0 Å². The first kappa shape index (κ1) is 11.9. The third kappa shape index (κ3) is 2.73. The fourth-order valence-corrected chi connectivity index (χ4v) is 0.951. The lowest BCUT2D eigenvalue weighted by atomic mass is 10.3. The largest absolute Gasteiger partial charge is 1.00 e. The van der Waals surface area contributed by atoms with Crippen LogP contribution in [0.1, 0.15) is 6.92 Å². The minimum atomic E-state index is 0. The van der Waals surface area contributed by atoms with Crippen LogP contribution >= 0.6 is 0 Å². The van der Waals surface area contributed by atoms with E-state index in [4.69, 9.17) is 5.84 Å². The summed E-state index contributed by atoms with van der Waals surface area (Å²) in [5.41, 5.74) is 1.15. The molecule has 0 amide bonds. The molecule has 0 saturated carbocycles. The Morgan fingerprint density at radius 1 is 1.25 bits per heavy atom. The van der Waals surface area contributed by atoms with Crippen LogP contribution in [0.3, 0.4) is 0 Å². The topological polar surface area (TPSA) is 26.0 Å². The molecular formula is C9H15IN2. The predicted octanol–water partition coefficient (Wildman–Crippen LogP) is -1.48. The van der Waals surface area contributed by atoms with Crippen molar-refractivity contribution in [1.82, 2.24) is 4.59 Å². The SMILES string of the molecule is CC[N@+](C)(N)c1ccccc1.[I-]. The van der Waals surface area contributed by atoms with Gasteiger partial charge < -0.3 is 24.0 Å². The van der Waals surface area contributed by atoms with Crippen LogP contribution in [-0.2, 0) is 0 Å². The van der Waals surface area contributed by atoms with Gasteiger partial charge in [-0.15, -0.1) is 0 Å². The van der Waals surface area contributed by atoms with Crippen molar-refractivity contribution in [2.45, 2.75) is 6.92 Å². The van der Waals surface area contributed by atoms with Gasteiger partial charge in [0.15, 0.2) is 5.69 Å². The summed E-state index contributed by atoms with van der Waals surface area (Å²) < 4.78 is 0.459. The molecule has 0 unspecified atom stereocenters. The number of para-hydroxylation sites is 1. The molecule has 0 aliphatic carbocycles. The molecule has 0 aliphatic heterocycles. The van der Waals surface area contributed by atoms with Gasteiger partial charge in [0.2, 0.25) is 0 Å². The van der Waals surface area contributed by atoms with E-state index < -0.39 is 0 Å². The van der Waals surface area contributed by atoms with E-state index >= 15 is 0 Å². The summed E-state index contributed by atoms with van der Waals surface area (Å²) in [7, 11) is 2.00. The fourth-order valence-electron chi connectivity index (χ4n) is 0.951. The molecule has 0 radical (unpaired) electrons. The lowest BCUT2D eigenvalue weighted by Gasteiger charge is -2.25. The fraction of sp³-hybridized carbons (Fsp3) is 0.333. The molecule has 0 saturated heterocycles. The first-order chi connectivity index (χ1) is 5.17. The van der Waals surface area contributed by atoms with Crippen molar-refractivity contribution >= 4 is 5.69 Å². The Morgan fingerprint density at radius 2 is 1.75 bits per heavy atom. The van der Waals surface area contributed by atoms with Gasteiger partial charge in [0.25, 0.3) is 0 Å². The number of hydrogen-bond acceptors (Lipinski definition) is 1. The molecular weight excluding hydrogens is 263 g/mol. The van der Waals surface area contributed by atoms with Crippen LogP contribution in [0.2, 0.25) is 0 Å². The van der Waals surface area contributed by atoms with Gasteiger partial charge in [-0.25, -0.2) is 4.59 Å². The Bertz CT molecular complexity index is 221. The van der Waals surface area contributed by atoms with Gasteiger partial charge >= 0.3 is 0 Å². The Kier molecular flexibility index (Phi) is 4.74. The van der Waals surface area contributed by atoms with Crippen LogP contribution in [0.5, 0.6) is 0 Å². The second-order valence-electron chi connectivity index (χ2n) is 2.92. The zero-order valence-corrected chi connectivity index (χ0v) is 9.65. The van der Waals surface area contributed by atoms with Crippen LogP contribution in [0.4, 0.5) is 5.69 Å². The van der Waals surface area contributed by atoms with Gasteiger partial charge in [0.1, 0.15) is 0 Å². The summed E-state index contributed by atoms with van der Waals surface area (Å²) in [6, 6.07) is 10.1. The van der Waals surface area contributed by atoms with Crippen molar-refractivity contribution in [3.63, 3.8) is 0 Å². The average Bonchev–Trinajstić information content (AvgIpc) is 2.06. The van der Waals surface area contributed by atoms with Crippen molar-refractivity contribution in [3.05, 3.63) is 30.3 Å². The molecule has 1 aromatic carbocycles. The van der Waals surface area contributed by atoms with Crippen LogP contribution in [0, 0.1) is 0 Å². The second kappa shape index (κ2) is 4.79. The van der Waals surface area contributed by atoms with E-state index in [1.54, 1.807) is 0 Å². The first-order valence-electron chi connectivity index (χ1n) is 3.86. The highest BCUT2D eigenvalue weighted by molar-refractivity contribution is 5.40. The highest BCUT2D eigenvalue weighted by atomic mass is 127. The maximum atomic E-state index is 5.97. The third-order valence-corrected chi connectivity index (χ3v) is 2.00. The van der Waals surface area contributed by atoms with E-state index in [0.29, 0.717) is 4.59 Å². The summed E-state index contributed by atoms with van der Waals surface area (Å²) in [4.78, 5) is 0. The number of rotatable bonds is 2. The van der Waals surface area contributed by atoms with E-state index in [9.17, 15) is 0 Å². The minimum absolute atomic E-state index is 0. The summed E-state index contributed by atoms with van der Waals surface area (Å²) in [5, 5.41) is 0. The Morgan fingerprint density at radius 3 is 2.17 bits per heavy atom. The molecule has 0 aromatic heterocycles. The summed E-state index contributed by atoms with van der Waals surface area (Å²) >= 11 is 0. The van der Waals surface area contributed by atoms with Gasteiger partial charge in [-0.05, 0) is 6.92 Å². The van der Waals surface area contributed by atoms with Crippen LogP contribution < -0.4 is 34.4 Å². The highest BCUT2D eigenvalue weighted by Gasteiger charge is 2.15. The zero-order chi connectivity index (χ0) is 8.32. The molecule has 0 fully saturated rings. The Hall–Kier alpha value is -0.130. The summed E-state index contributed by atoms with van der Waals surface area (Å²) in [6.45, 7) is 2.98. The zero-order valence-electron chi connectivity index (χ0n) is 7.50. The van der Waals surface area contributed by atoms with Crippen LogP contribution in [0.25, 0.3) is 0 Å². The van der Waals surface area contributed by atoms with Crippen molar-refractivity contribution in [1.29, 1.82) is 0 Å². The number of hydrogen-bond donors (Lipinski definition) is 1. The quantitative estimate of drug-likeness (QED) is 0.304. The van der Waals surface area contributed by atoms with Crippen molar-refractivity contribution in [2.24, 2.45) is 5.84 Å². The monoisotopic (exact) mass is 278 g/mol. The number of nitrogens with zero attached hydrogens (tertiary/aromatic N) is 1. The van der Waals surface area contributed by atoms with E-state index in [-0.39, 0.29) is 24.0 Å². The maximum Gasteiger partial charge on any atom is 0.151 e. The highest BCUT2D eigenvalue weighted by Crippen LogP contribution is 2.14. The van der Waals surface area contributed by atoms with Crippen molar-refractivity contribution in [3.8, 4) is 0 Å². The number of halogens is 1. The molecule has 1 atom stereocenters.